The second-order valence-corrected chi connectivity index (χ2v) is 4.72. The van der Waals surface area contributed by atoms with Gasteiger partial charge in [-0.2, -0.15) is 0 Å². The number of pyridine rings is 1. The Morgan fingerprint density at radius 3 is 2.77 bits per heavy atom. The molecule has 0 aliphatic carbocycles. The van der Waals surface area contributed by atoms with Crippen molar-refractivity contribution in [2.75, 3.05) is 6.61 Å². The third kappa shape index (κ3) is 2.93. The normalized spacial score (nSPS) is 10.6. The highest BCUT2D eigenvalue weighted by Gasteiger charge is 2.14. The average Bonchev–Trinajstić information content (AvgIpc) is 2.99. The molecule has 0 spiro atoms. The first-order chi connectivity index (χ1) is 10.8. The van der Waals surface area contributed by atoms with Crippen LogP contribution in [0.4, 0.5) is 0 Å². The molecule has 0 fully saturated rings. The Labute approximate surface area is 128 Å². The number of benzene rings is 1. The fraction of sp³-hybridized carbons (Fsp3) is 0.176. The molecule has 2 heterocycles. The lowest BCUT2D eigenvalue weighted by molar-refractivity contribution is 0.0520. The highest BCUT2D eigenvalue weighted by molar-refractivity contribution is 5.88. The van der Waals surface area contributed by atoms with Crippen molar-refractivity contribution in [1.29, 1.82) is 0 Å². The highest BCUT2D eigenvalue weighted by Crippen LogP contribution is 2.20. The molecule has 1 aromatic carbocycles. The molecule has 0 bridgehead atoms. The fourth-order valence-electron chi connectivity index (χ4n) is 2.14. The molecule has 0 N–H and O–H groups in total. The van der Waals surface area contributed by atoms with Crippen molar-refractivity contribution in [3.05, 3.63) is 66.1 Å². The molecule has 3 aromatic rings. The van der Waals surface area contributed by atoms with E-state index in [1.54, 1.807) is 17.5 Å². The highest BCUT2D eigenvalue weighted by atomic mass is 16.5. The summed E-state index contributed by atoms with van der Waals surface area (Å²) in [5.41, 5.74) is 1.95. The molecular formula is C17H16N2O3. The number of carbonyl (C=O) groups is 1. The SMILES string of the molecule is CCOC(=O)c1cn2cccc(OCc3ccccc3)c2n1. The molecule has 0 amide bonds. The molecule has 2 aromatic heterocycles. The van der Waals surface area contributed by atoms with Crippen molar-refractivity contribution in [1.82, 2.24) is 9.38 Å². The number of esters is 1. The van der Waals surface area contributed by atoms with Crippen LogP contribution >= 0.6 is 0 Å². The van der Waals surface area contributed by atoms with E-state index in [0.717, 1.165) is 5.56 Å². The van der Waals surface area contributed by atoms with Gasteiger partial charge >= 0.3 is 5.97 Å². The second kappa shape index (κ2) is 6.30. The van der Waals surface area contributed by atoms with Crippen LogP contribution < -0.4 is 4.74 Å². The van der Waals surface area contributed by atoms with Gasteiger partial charge in [0, 0.05) is 12.4 Å². The van der Waals surface area contributed by atoms with Crippen LogP contribution in [0.5, 0.6) is 5.75 Å². The van der Waals surface area contributed by atoms with Crippen molar-refractivity contribution in [3.63, 3.8) is 0 Å². The number of fused-ring (bicyclic) bond motifs is 1. The predicted molar refractivity (Wildman–Crippen MR) is 81.9 cm³/mol. The van der Waals surface area contributed by atoms with E-state index in [4.69, 9.17) is 9.47 Å². The lowest BCUT2D eigenvalue weighted by atomic mass is 10.2. The van der Waals surface area contributed by atoms with Crippen LogP contribution in [0.25, 0.3) is 5.65 Å². The maximum Gasteiger partial charge on any atom is 0.358 e. The monoisotopic (exact) mass is 296 g/mol. The van der Waals surface area contributed by atoms with Gasteiger partial charge in [0.15, 0.2) is 17.1 Å². The zero-order valence-electron chi connectivity index (χ0n) is 12.2. The first-order valence-corrected chi connectivity index (χ1v) is 7.09. The molecular weight excluding hydrogens is 280 g/mol. The van der Waals surface area contributed by atoms with Crippen LogP contribution in [0.15, 0.2) is 54.9 Å². The van der Waals surface area contributed by atoms with Crippen LogP contribution in [-0.2, 0) is 11.3 Å². The van der Waals surface area contributed by atoms with E-state index in [1.165, 1.54) is 0 Å². The largest absolute Gasteiger partial charge is 0.485 e. The van der Waals surface area contributed by atoms with E-state index in [0.29, 0.717) is 24.6 Å². The maximum atomic E-state index is 11.8. The molecule has 112 valence electrons. The average molecular weight is 296 g/mol. The Morgan fingerprint density at radius 2 is 2.00 bits per heavy atom. The number of hydrogen-bond acceptors (Lipinski definition) is 4. The summed E-state index contributed by atoms with van der Waals surface area (Å²) in [4.78, 5) is 16.1. The van der Waals surface area contributed by atoms with Gasteiger partial charge in [0.2, 0.25) is 0 Å². The van der Waals surface area contributed by atoms with E-state index in [9.17, 15) is 4.79 Å². The Balaban J connectivity index is 1.85. The first-order valence-electron chi connectivity index (χ1n) is 7.09. The third-order valence-electron chi connectivity index (χ3n) is 3.17. The maximum absolute atomic E-state index is 11.8. The number of imidazole rings is 1. The summed E-state index contributed by atoms with van der Waals surface area (Å²) in [6.45, 7) is 2.54. The van der Waals surface area contributed by atoms with Gasteiger partial charge in [0.05, 0.1) is 6.61 Å². The van der Waals surface area contributed by atoms with Gasteiger partial charge in [-0.15, -0.1) is 0 Å². The van der Waals surface area contributed by atoms with E-state index in [1.807, 2.05) is 48.7 Å². The number of rotatable bonds is 5. The van der Waals surface area contributed by atoms with Crippen LogP contribution in [-0.4, -0.2) is 22.0 Å². The molecule has 0 saturated carbocycles. The van der Waals surface area contributed by atoms with Gasteiger partial charge in [0.1, 0.15) is 6.61 Å². The second-order valence-electron chi connectivity index (χ2n) is 4.72. The summed E-state index contributed by atoms with van der Waals surface area (Å²) in [5.74, 6) is 0.196. The van der Waals surface area contributed by atoms with Gasteiger partial charge < -0.3 is 13.9 Å². The molecule has 5 nitrogen and oxygen atoms in total. The topological polar surface area (TPSA) is 52.8 Å². The van der Waals surface area contributed by atoms with E-state index in [-0.39, 0.29) is 5.69 Å². The lowest BCUT2D eigenvalue weighted by Crippen LogP contribution is -2.04. The van der Waals surface area contributed by atoms with Crippen molar-refractivity contribution in [2.24, 2.45) is 0 Å². The van der Waals surface area contributed by atoms with Crippen LogP contribution in [0, 0.1) is 0 Å². The summed E-state index contributed by atoms with van der Waals surface area (Å²) in [7, 11) is 0. The van der Waals surface area contributed by atoms with Crippen LogP contribution in [0.3, 0.4) is 0 Å². The molecule has 0 unspecified atom stereocenters. The number of nitrogens with zero attached hydrogens (tertiary/aromatic N) is 2. The molecule has 3 rings (SSSR count). The van der Waals surface area contributed by atoms with Gasteiger partial charge in [-0.05, 0) is 24.6 Å². The minimum absolute atomic E-state index is 0.276. The number of aromatic nitrogens is 2. The van der Waals surface area contributed by atoms with Crippen LogP contribution in [0.1, 0.15) is 23.0 Å². The van der Waals surface area contributed by atoms with Gasteiger partial charge in [-0.1, -0.05) is 30.3 Å². The molecule has 0 aliphatic rings. The van der Waals surface area contributed by atoms with E-state index in [2.05, 4.69) is 4.98 Å². The zero-order valence-corrected chi connectivity index (χ0v) is 12.2. The quantitative estimate of drug-likeness (QED) is 0.679. The summed E-state index contributed by atoms with van der Waals surface area (Å²) in [6, 6.07) is 13.6. The minimum atomic E-state index is -0.430. The lowest BCUT2D eigenvalue weighted by Gasteiger charge is -2.07. The number of hydrogen-bond donors (Lipinski definition) is 0. The smallest absolute Gasteiger partial charge is 0.358 e. The zero-order chi connectivity index (χ0) is 15.4. The van der Waals surface area contributed by atoms with Crippen molar-refractivity contribution in [2.45, 2.75) is 13.5 Å². The molecule has 0 saturated heterocycles. The van der Waals surface area contributed by atoms with E-state index >= 15 is 0 Å². The first kappa shape index (κ1) is 14.1. The minimum Gasteiger partial charge on any atom is -0.485 e. The van der Waals surface area contributed by atoms with E-state index < -0.39 is 5.97 Å². The molecule has 0 aliphatic heterocycles. The van der Waals surface area contributed by atoms with Gasteiger partial charge in [-0.3, -0.25) is 0 Å². The number of carbonyl (C=O) groups excluding carboxylic acids is 1. The molecule has 22 heavy (non-hydrogen) atoms. The van der Waals surface area contributed by atoms with Crippen molar-refractivity contribution < 1.29 is 14.3 Å². The molecule has 0 radical (unpaired) electrons. The standard InChI is InChI=1S/C17H16N2O3/c1-2-21-17(20)14-11-19-10-6-9-15(16(19)18-14)22-12-13-7-4-3-5-8-13/h3-11H,2,12H2,1H3. The summed E-state index contributed by atoms with van der Waals surface area (Å²) in [6.07, 6.45) is 3.46. The molecule has 5 heteroatoms. The Morgan fingerprint density at radius 1 is 1.18 bits per heavy atom. The Bertz CT molecular complexity index is 781. The Hall–Kier alpha value is -2.82. The van der Waals surface area contributed by atoms with Gasteiger partial charge in [-0.25, -0.2) is 9.78 Å². The molecule has 0 atom stereocenters. The summed E-state index contributed by atoms with van der Waals surface area (Å²) < 4.78 is 12.6. The van der Waals surface area contributed by atoms with Gasteiger partial charge in [0.25, 0.3) is 0 Å². The Kier molecular flexibility index (Phi) is 4.05. The van der Waals surface area contributed by atoms with Crippen LogP contribution in [0.2, 0.25) is 0 Å². The predicted octanol–water partition coefficient (Wildman–Crippen LogP) is 3.09. The number of ether oxygens (including phenoxy) is 2. The summed E-state index contributed by atoms with van der Waals surface area (Å²) >= 11 is 0. The third-order valence-corrected chi connectivity index (χ3v) is 3.17. The van der Waals surface area contributed by atoms with Crippen molar-refractivity contribution >= 4 is 11.6 Å². The summed E-state index contributed by atoms with van der Waals surface area (Å²) in [5, 5.41) is 0. The van der Waals surface area contributed by atoms with Crippen molar-refractivity contribution in [3.8, 4) is 5.75 Å². The fourth-order valence-corrected chi connectivity index (χ4v) is 2.14.